The lowest BCUT2D eigenvalue weighted by atomic mass is 10.1. The number of hydrogen-bond acceptors (Lipinski definition) is 3. The van der Waals surface area contributed by atoms with Gasteiger partial charge in [-0.3, -0.25) is 9.48 Å². The van der Waals surface area contributed by atoms with Crippen molar-refractivity contribution >= 4 is 5.91 Å². The van der Waals surface area contributed by atoms with Crippen LogP contribution in [-0.4, -0.2) is 28.3 Å². The van der Waals surface area contributed by atoms with Gasteiger partial charge in [0, 0.05) is 25.4 Å². The second kappa shape index (κ2) is 7.81. The van der Waals surface area contributed by atoms with Crippen LogP contribution in [0.3, 0.4) is 0 Å². The maximum atomic E-state index is 12.0. The third-order valence-electron chi connectivity index (χ3n) is 3.82. The maximum Gasteiger partial charge on any atom is 0.220 e. The number of carbonyl (C=O) groups excluding carboxylic acids is 1. The first-order valence-electron chi connectivity index (χ1n) is 7.92. The van der Waals surface area contributed by atoms with Crippen LogP contribution in [0, 0.1) is 13.8 Å². The number of nitrogens with zero attached hydrogens (tertiary/aromatic N) is 2. The summed E-state index contributed by atoms with van der Waals surface area (Å²) in [5, 5.41) is 7.08. The number of carbonyl (C=O) groups is 1. The van der Waals surface area contributed by atoms with Crippen LogP contribution in [0.15, 0.2) is 30.5 Å². The molecule has 1 aromatic heterocycles. The Labute approximate surface area is 137 Å². The molecule has 1 atom stereocenters. The van der Waals surface area contributed by atoms with Gasteiger partial charge in [0.2, 0.25) is 5.91 Å². The topological polar surface area (TPSA) is 56.1 Å². The average Bonchev–Trinajstić information content (AvgIpc) is 2.90. The van der Waals surface area contributed by atoms with Crippen molar-refractivity contribution in [3.05, 3.63) is 47.3 Å². The molecule has 1 heterocycles. The van der Waals surface area contributed by atoms with Crippen molar-refractivity contribution in [2.45, 2.75) is 39.7 Å². The molecule has 23 heavy (non-hydrogen) atoms. The monoisotopic (exact) mass is 315 g/mol. The van der Waals surface area contributed by atoms with Crippen molar-refractivity contribution in [1.82, 2.24) is 15.1 Å². The molecule has 0 spiro atoms. The van der Waals surface area contributed by atoms with Crippen LogP contribution in [0.25, 0.3) is 0 Å². The van der Waals surface area contributed by atoms with Gasteiger partial charge in [-0.25, -0.2) is 0 Å². The number of nitrogens with one attached hydrogen (secondary N) is 1. The Bertz CT molecular complexity index is 644. The molecule has 1 amide bonds. The van der Waals surface area contributed by atoms with Crippen LogP contribution in [-0.2, 0) is 18.3 Å². The van der Waals surface area contributed by atoms with Gasteiger partial charge in [-0.1, -0.05) is 18.2 Å². The summed E-state index contributed by atoms with van der Waals surface area (Å²) in [5.74, 6) is 0.937. The van der Waals surface area contributed by atoms with Gasteiger partial charge in [0.15, 0.2) is 0 Å². The minimum absolute atomic E-state index is 0.0313. The fourth-order valence-electron chi connectivity index (χ4n) is 2.51. The lowest BCUT2D eigenvalue weighted by Gasteiger charge is -2.17. The van der Waals surface area contributed by atoms with Crippen LogP contribution in [0.4, 0.5) is 0 Å². The fraction of sp³-hybridized carbons (Fsp3) is 0.444. The largest absolute Gasteiger partial charge is 0.491 e. The molecule has 5 heteroatoms. The first kappa shape index (κ1) is 17.1. The second-order valence-corrected chi connectivity index (χ2v) is 5.95. The molecule has 0 aliphatic heterocycles. The van der Waals surface area contributed by atoms with Crippen LogP contribution >= 0.6 is 0 Å². The molecule has 0 bridgehead atoms. The average molecular weight is 315 g/mol. The van der Waals surface area contributed by atoms with Gasteiger partial charge in [0.05, 0.1) is 6.04 Å². The molecule has 0 fully saturated rings. The highest BCUT2D eigenvalue weighted by molar-refractivity contribution is 5.76. The summed E-state index contributed by atoms with van der Waals surface area (Å²) in [6, 6.07) is 7.97. The molecule has 1 aromatic carbocycles. The van der Waals surface area contributed by atoms with Crippen molar-refractivity contribution in [2.75, 3.05) is 6.61 Å². The van der Waals surface area contributed by atoms with Gasteiger partial charge in [-0.15, -0.1) is 0 Å². The molecule has 0 aliphatic carbocycles. The molecule has 5 nitrogen and oxygen atoms in total. The highest BCUT2D eigenvalue weighted by Crippen LogP contribution is 2.22. The van der Waals surface area contributed by atoms with E-state index in [1.165, 1.54) is 0 Å². The number of hydrogen-bond donors (Lipinski definition) is 1. The Morgan fingerprint density at radius 1 is 1.30 bits per heavy atom. The molecule has 0 aliphatic rings. The quantitative estimate of drug-likeness (QED) is 0.854. The number of rotatable bonds is 7. The summed E-state index contributed by atoms with van der Waals surface area (Å²) < 4.78 is 7.66. The lowest BCUT2D eigenvalue weighted by Crippen LogP contribution is -2.37. The molecule has 0 radical (unpaired) electrons. The van der Waals surface area contributed by atoms with E-state index in [1.807, 2.05) is 52.1 Å². The third kappa shape index (κ3) is 4.84. The first-order chi connectivity index (χ1) is 11.0. The number of aryl methyl sites for hydroxylation is 4. The summed E-state index contributed by atoms with van der Waals surface area (Å²) in [4.78, 5) is 12.0. The van der Waals surface area contributed by atoms with E-state index < -0.39 is 0 Å². The Kier molecular flexibility index (Phi) is 5.79. The lowest BCUT2D eigenvalue weighted by molar-refractivity contribution is -0.121. The maximum absolute atomic E-state index is 12.0. The molecular formula is C18H25N3O2. The van der Waals surface area contributed by atoms with E-state index in [1.54, 1.807) is 10.9 Å². The zero-order valence-electron chi connectivity index (χ0n) is 14.3. The third-order valence-corrected chi connectivity index (χ3v) is 3.82. The SMILES string of the molecule is Cc1cccc(C)c1OC[C@H](C)NC(=O)CCc1ccnn1C. The fourth-order valence-corrected chi connectivity index (χ4v) is 2.51. The Morgan fingerprint density at radius 3 is 2.61 bits per heavy atom. The van der Waals surface area contributed by atoms with Gasteiger partial charge in [0.25, 0.3) is 0 Å². The van der Waals surface area contributed by atoms with E-state index >= 15 is 0 Å². The summed E-state index contributed by atoms with van der Waals surface area (Å²) >= 11 is 0. The molecule has 0 saturated heterocycles. The minimum atomic E-state index is -0.0342. The van der Waals surface area contributed by atoms with E-state index in [9.17, 15) is 4.79 Å². The van der Waals surface area contributed by atoms with Crippen molar-refractivity contribution in [3.8, 4) is 5.75 Å². The van der Waals surface area contributed by atoms with Crippen LogP contribution < -0.4 is 10.1 Å². The van der Waals surface area contributed by atoms with E-state index in [0.717, 1.165) is 22.6 Å². The van der Waals surface area contributed by atoms with E-state index in [0.29, 0.717) is 19.4 Å². The Morgan fingerprint density at radius 2 is 2.00 bits per heavy atom. The summed E-state index contributed by atoms with van der Waals surface area (Å²) in [5.41, 5.74) is 3.28. The van der Waals surface area contributed by atoms with Gasteiger partial charge < -0.3 is 10.1 Å². The van der Waals surface area contributed by atoms with Crippen LogP contribution in [0.5, 0.6) is 5.75 Å². The van der Waals surface area contributed by atoms with Gasteiger partial charge in [-0.2, -0.15) is 5.10 Å². The Hall–Kier alpha value is -2.30. The molecule has 124 valence electrons. The Balaban J connectivity index is 1.77. The highest BCUT2D eigenvalue weighted by Gasteiger charge is 2.11. The molecule has 0 saturated carbocycles. The standard InChI is InChI=1S/C18H25N3O2/c1-13-6-5-7-14(2)18(13)23-12-15(3)20-17(22)9-8-16-10-11-19-21(16)4/h5-7,10-11,15H,8-9,12H2,1-4H3,(H,20,22)/t15-/m0/s1. The van der Waals surface area contributed by atoms with E-state index in [2.05, 4.69) is 10.4 Å². The second-order valence-electron chi connectivity index (χ2n) is 5.95. The number of aromatic nitrogens is 2. The molecular weight excluding hydrogens is 290 g/mol. The predicted molar refractivity (Wildman–Crippen MR) is 90.5 cm³/mol. The van der Waals surface area contributed by atoms with E-state index in [-0.39, 0.29) is 11.9 Å². The zero-order chi connectivity index (χ0) is 16.8. The molecule has 1 N–H and O–H groups in total. The normalized spacial score (nSPS) is 12.0. The zero-order valence-corrected chi connectivity index (χ0v) is 14.3. The summed E-state index contributed by atoms with van der Waals surface area (Å²) in [7, 11) is 1.88. The van der Waals surface area contributed by atoms with Crippen LogP contribution in [0.1, 0.15) is 30.2 Å². The number of ether oxygens (including phenoxy) is 1. The summed E-state index contributed by atoms with van der Waals surface area (Å²) in [6.45, 7) is 6.47. The van der Waals surface area contributed by atoms with Crippen molar-refractivity contribution in [2.24, 2.45) is 7.05 Å². The molecule has 2 aromatic rings. The predicted octanol–water partition coefficient (Wildman–Crippen LogP) is 2.55. The molecule has 2 rings (SSSR count). The van der Waals surface area contributed by atoms with Crippen molar-refractivity contribution < 1.29 is 9.53 Å². The van der Waals surface area contributed by atoms with Crippen molar-refractivity contribution in [3.63, 3.8) is 0 Å². The molecule has 0 unspecified atom stereocenters. The van der Waals surface area contributed by atoms with Gasteiger partial charge in [-0.05, 0) is 44.4 Å². The minimum Gasteiger partial charge on any atom is -0.491 e. The van der Waals surface area contributed by atoms with Crippen molar-refractivity contribution in [1.29, 1.82) is 0 Å². The smallest absolute Gasteiger partial charge is 0.220 e. The number of amides is 1. The van der Waals surface area contributed by atoms with E-state index in [4.69, 9.17) is 4.74 Å². The van der Waals surface area contributed by atoms with Gasteiger partial charge >= 0.3 is 0 Å². The highest BCUT2D eigenvalue weighted by atomic mass is 16.5. The van der Waals surface area contributed by atoms with Crippen LogP contribution in [0.2, 0.25) is 0 Å². The number of para-hydroxylation sites is 1. The van der Waals surface area contributed by atoms with Gasteiger partial charge in [0.1, 0.15) is 12.4 Å². The summed E-state index contributed by atoms with van der Waals surface area (Å²) in [6.07, 6.45) is 2.88. The number of benzene rings is 1. The first-order valence-corrected chi connectivity index (χ1v) is 7.92.